The van der Waals surface area contributed by atoms with Crippen LogP contribution in [0.2, 0.25) is 0 Å². The highest BCUT2D eigenvalue weighted by molar-refractivity contribution is 6.45. The predicted molar refractivity (Wildman–Crippen MR) is 114 cm³/mol. The van der Waals surface area contributed by atoms with Crippen molar-refractivity contribution < 1.29 is 19.1 Å². The molecule has 1 fully saturated rings. The summed E-state index contributed by atoms with van der Waals surface area (Å²) >= 11 is 0. The van der Waals surface area contributed by atoms with Crippen molar-refractivity contribution in [3.05, 3.63) is 58.8 Å². The fourth-order valence-corrected chi connectivity index (χ4v) is 4.49. The molecule has 0 aromatic heterocycles. The van der Waals surface area contributed by atoms with Crippen molar-refractivity contribution in [2.75, 3.05) is 31.2 Å². The number of anilines is 1. The van der Waals surface area contributed by atoms with Gasteiger partial charge in [-0.15, -0.1) is 0 Å². The molecule has 0 saturated carbocycles. The van der Waals surface area contributed by atoms with Gasteiger partial charge in [-0.2, -0.15) is 0 Å². The minimum Gasteiger partial charge on any atom is -0.486 e. The molecule has 3 heterocycles. The van der Waals surface area contributed by atoms with Gasteiger partial charge in [-0.1, -0.05) is 23.8 Å². The molecule has 2 amide bonds. The standard InChI is InChI=1S/C24H24N2O4/c1-15-5-7-18(16(2)13-15)21-22(25-9-3-4-10-25)24(28)26(23(21)27)17-6-8-19-20(14-17)30-12-11-29-19/h5-8,13-14H,3-4,9-12H2,1-2H3. The monoisotopic (exact) mass is 404 g/mol. The van der Waals surface area contributed by atoms with Crippen molar-refractivity contribution in [3.8, 4) is 11.5 Å². The first-order valence-electron chi connectivity index (χ1n) is 10.4. The third-order valence-electron chi connectivity index (χ3n) is 5.92. The summed E-state index contributed by atoms with van der Waals surface area (Å²) in [7, 11) is 0. The van der Waals surface area contributed by atoms with Crippen LogP contribution in [0, 0.1) is 13.8 Å². The van der Waals surface area contributed by atoms with E-state index in [9.17, 15) is 9.59 Å². The zero-order valence-corrected chi connectivity index (χ0v) is 17.2. The maximum absolute atomic E-state index is 13.6. The fraction of sp³-hybridized carbons (Fsp3) is 0.333. The first kappa shape index (κ1) is 18.7. The van der Waals surface area contributed by atoms with Gasteiger partial charge in [0.15, 0.2) is 11.5 Å². The number of hydrogen-bond acceptors (Lipinski definition) is 5. The van der Waals surface area contributed by atoms with E-state index >= 15 is 0 Å². The Kier molecular flexibility index (Phi) is 4.50. The molecule has 0 aliphatic carbocycles. The van der Waals surface area contributed by atoms with E-state index in [1.807, 2.05) is 26.0 Å². The summed E-state index contributed by atoms with van der Waals surface area (Å²) in [5, 5.41) is 0. The summed E-state index contributed by atoms with van der Waals surface area (Å²) in [5.74, 6) is 0.632. The number of hydrogen-bond donors (Lipinski definition) is 0. The second-order valence-corrected chi connectivity index (χ2v) is 8.01. The van der Waals surface area contributed by atoms with Crippen LogP contribution in [0.15, 0.2) is 42.1 Å². The maximum Gasteiger partial charge on any atom is 0.282 e. The minimum absolute atomic E-state index is 0.270. The van der Waals surface area contributed by atoms with Gasteiger partial charge < -0.3 is 14.4 Å². The van der Waals surface area contributed by atoms with Crippen LogP contribution in [0.25, 0.3) is 5.57 Å². The molecule has 3 aliphatic heterocycles. The third kappa shape index (κ3) is 2.95. The highest BCUT2D eigenvalue weighted by Crippen LogP contribution is 2.40. The second-order valence-electron chi connectivity index (χ2n) is 8.01. The number of imide groups is 1. The molecule has 0 atom stereocenters. The zero-order valence-electron chi connectivity index (χ0n) is 17.2. The van der Waals surface area contributed by atoms with E-state index in [2.05, 4.69) is 11.0 Å². The van der Waals surface area contributed by atoms with Gasteiger partial charge in [0.2, 0.25) is 0 Å². The van der Waals surface area contributed by atoms with Crippen molar-refractivity contribution in [2.24, 2.45) is 0 Å². The fourth-order valence-electron chi connectivity index (χ4n) is 4.49. The van der Waals surface area contributed by atoms with E-state index in [-0.39, 0.29) is 11.8 Å². The number of aryl methyl sites for hydroxylation is 2. The number of carbonyl (C=O) groups excluding carboxylic acids is 2. The molecule has 0 spiro atoms. The highest BCUT2D eigenvalue weighted by atomic mass is 16.6. The van der Waals surface area contributed by atoms with E-state index in [0.29, 0.717) is 41.7 Å². The SMILES string of the molecule is Cc1ccc(C2=C(N3CCCC3)C(=O)N(c3ccc4c(c3)OCCO4)C2=O)c(C)c1. The lowest BCUT2D eigenvalue weighted by Crippen LogP contribution is -2.34. The van der Waals surface area contributed by atoms with Gasteiger partial charge in [-0.25, -0.2) is 4.90 Å². The van der Waals surface area contributed by atoms with Gasteiger partial charge >= 0.3 is 0 Å². The van der Waals surface area contributed by atoms with Crippen LogP contribution in [0.5, 0.6) is 11.5 Å². The summed E-state index contributed by atoms with van der Waals surface area (Å²) in [5.41, 5.74) is 4.45. The van der Waals surface area contributed by atoms with Gasteiger partial charge in [0.05, 0.1) is 11.3 Å². The summed E-state index contributed by atoms with van der Waals surface area (Å²) in [6.07, 6.45) is 2.05. The summed E-state index contributed by atoms with van der Waals surface area (Å²) in [4.78, 5) is 30.5. The number of fused-ring (bicyclic) bond motifs is 1. The van der Waals surface area contributed by atoms with Crippen molar-refractivity contribution >= 4 is 23.1 Å². The molecule has 0 radical (unpaired) electrons. The van der Waals surface area contributed by atoms with Crippen LogP contribution in [0.4, 0.5) is 5.69 Å². The van der Waals surface area contributed by atoms with Gasteiger partial charge in [0, 0.05) is 19.2 Å². The Bertz CT molecular complexity index is 1080. The van der Waals surface area contributed by atoms with E-state index in [1.165, 1.54) is 4.90 Å². The Hall–Kier alpha value is -3.28. The predicted octanol–water partition coefficient (Wildman–Crippen LogP) is 3.45. The lowest BCUT2D eigenvalue weighted by atomic mass is 9.97. The molecule has 6 heteroatoms. The lowest BCUT2D eigenvalue weighted by molar-refractivity contribution is -0.120. The van der Waals surface area contributed by atoms with E-state index < -0.39 is 0 Å². The molecule has 30 heavy (non-hydrogen) atoms. The largest absolute Gasteiger partial charge is 0.486 e. The average molecular weight is 404 g/mol. The number of ether oxygens (including phenoxy) is 2. The number of amides is 2. The molecule has 6 nitrogen and oxygen atoms in total. The molecule has 3 aliphatic rings. The van der Waals surface area contributed by atoms with E-state index in [0.717, 1.165) is 42.6 Å². The average Bonchev–Trinajstić information content (AvgIpc) is 3.34. The molecule has 1 saturated heterocycles. The molecule has 0 bridgehead atoms. The lowest BCUT2D eigenvalue weighted by Gasteiger charge is -2.22. The Morgan fingerprint density at radius 1 is 0.833 bits per heavy atom. The Morgan fingerprint density at radius 3 is 2.30 bits per heavy atom. The Balaban J connectivity index is 1.62. The van der Waals surface area contributed by atoms with Crippen LogP contribution < -0.4 is 14.4 Å². The van der Waals surface area contributed by atoms with Crippen molar-refractivity contribution in [1.29, 1.82) is 0 Å². The summed E-state index contributed by atoms with van der Waals surface area (Å²) in [6.45, 7) is 6.53. The van der Waals surface area contributed by atoms with Crippen LogP contribution in [0.1, 0.15) is 29.5 Å². The number of likely N-dealkylation sites (tertiary alicyclic amines) is 1. The summed E-state index contributed by atoms with van der Waals surface area (Å²) < 4.78 is 11.2. The number of nitrogens with zero attached hydrogens (tertiary/aromatic N) is 2. The molecule has 0 N–H and O–H groups in total. The third-order valence-corrected chi connectivity index (χ3v) is 5.92. The first-order valence-corrected chi connectivity index (χ1v) is 10.4. The zero-order chi connectivity index (χ0) is 20.8. The maximum atomic E-state index is 13.6. The Morgan fingerprint density at radius 2 is 1.57 bits per heavy atom. The quantitative estimate of drug-likeness (QED) is 0.734. The molecule has 5 rings (SSSR count). The smallest absolute Gasteiger partial charge is 0.282 e. The van der Waals surface area contributed by atoms with Gasteiger partial charge in [-0.05, 0) is 49.9 Å². The molecule has 2 aromatic carbocycles. The first-order chi connectivity index (χ1) is 14.5. The Labute approximate surface area is 175 Å². The minimum atomic E-state index is -0.287. The van der Waals surface area contributed by atoms with Crippen molar-refractivity contribution in [3.63, 3.8) is 0 Å². The number of benzene rings is 2. The van der Waals surface area contributed by atoms with Gasteiger partial charge in [0.25, 0.3) is 11.8 Å². The van der Waals surface area contributed by atoms with Crippen LogP contribution in [-0.2, 0) is 9.59 Å². The van der Waals surface area contributed by atoms with Crippen molar-refractivity contribution in [1.82, 2.24) is 4.90 Å². The number of rotatable bonds is 3. The van der Waals surface area contributed by atoms with Crippen LogP contribution >= 0.6 is 0 Å². The topological polar surface area (TPSA) is 59.1 Å². The summed E-state index contributed by atoms with van der Waals surface area (Å²) in [6, 6.07) is 11.2. The van der Waals surface area contributed by atoms with E-state index in [1.54, 1.807) is 18.2 Å². The highest BCUT2D eigenvalue weighted by Gasteiger charge is 2.43. The molecular formula is C24H24N2O4. The van der Waals surface area contributed by atoms with Crippen LogP contribution in [0.3, 0.4) is 0 Å². The number of carbonyl (C=O) groups is 2. The molecule has 2 aromatic rings. The second kappa shape index (κ2) is 7.20. The van der Waals surface area contributed by atoms with Gasteiger partial charge in [-0.3, -0.25) is 9.59 Å². The van der Waals surface area contributed by atoms with Crippen molar-refractivity contribution in [2.45, 2.75) is 26.7 Å². The van der Waals surface area contributed by atoms with Gasteiger partial charge in [0.1, 0.15) is 18.9 Å². The van der Waals surface area contributed by atoms with Crippen LogP contribution in [-0.4, -0.2) is 43.0 Å². The molecule has 154 valence electrons. The molecular weight excluding hydrogens is 380 g/mol. The normalized spacial score (nSPS) is 18.6. The molecule has 0 unspecified atom stereocenters. The van der Waals surface area contributed by atoms with E-state index in [4.69, 9.17) is 9.47 Å².